The number of carboxylic acids is 1. The average molecular weight is 190 g/mol. The third-order valence-corrected chi connectivity index (χ3v) is 2.08. The second-order valence-electron chi connectivity index (χ2n) is 3.36. The minimum absolute atomic E-state index is 0.168. The fourth-order valence-electron chi connectivity index (χ4n) is 1.23. The van der Waals surface area contributed by atoms with Gasteiger partial charge in [-0.2, -0.15) is 0 Å². The molecule has 1 unspecified atom stereocenters. The second-order valence-corrected chi connectivity index (χ2v) is 3.36. The van der Waals surface area contributed by atoms with E-state index in [-0.39, 0.29) is 6.42 Å². The maximum absolute atomic E-state index is 12.5. The van der Waals surface area contributed by atoms with Gasteiger partial charge in [0, 0.05) is 0 Å². The first-order valence-electron chi connectivity index (χ1n) is 5.05. The summed E-state index contributed by atoms with van der Waals surface area (Å²) in [5.74, 6) is -1.33. The Morgan fingerprint density at radius 3 is 2.31 bits per heavy atom. The number of rotatable bonds is 8. The lowest BCUT2D eigenvalue weighted by molar-refractivity contribution is -0.143. The van der Waals surface area contributed by atoms with Gasteiger partial charge in [0.1, 0.15) is 0 Å². The van der Waals surface area contributed by atoms with Crippen molar-refractivity contribution in [3.63, 3.8) is 0 Å². The molecule has 0 radical (unpaired) electrons. The van der Waals surface area contributed by atoms with Crippen molar-refractivity contribution in [2.75, 3.05) is 0 Å². The number of hydrogen-bond donors (Lipinski definition) is 1. The zero-order chi connectivity index (χ0) is 10.1. The molecule has 13 heavy (non-hydrogen) atoms. The van der Waals surface area contributed by atoms with Crippen LogP contribution in [0.2, 0.25) is 0 Å². The molecule has 3 heteroatoms. The number of halogens is 1. The highest BCUT2D eigenvalue weighted by Crippen LogP contribution is 2.10. The minimum Gasteiger partial charge on any atom is -0.479 e. The maximum atomic E-state index is 12.5. The molecule has 0 aromatic rings. The van der Waals surface area contributed by atoms with Gasteiger partial charge in [-0.15, -0.1) is 0 Å². The van der Waals surface area contributed by atoms with Gasteiger partial charge in [0.25, 0.3) is 0 Å². The van der Waals surface area contributed by atoms with Crippen LogP contribution in [-0.2, 0) is 4.79 Å². The molecule has 78 valence electrons. The number of unbranched alkanes of at least 4 members (excludes halogenated alkanes) is 5. The molecule has 0 heterocycles. The highest BCUT2D eigenvalue weighted by molar-refractivity contribution is 5.71. The van der Waals surface area contributed by atoms with E-state index < -0.39 is 12.1 Å². The Labute approximate surface area is 79.1 Å². The van der Waals surface area contributed by atoms with Crippen molar-refractivity contribution < 1.29 is 14.3 Å². The lowest BCUT2D eigenvalue weighted by atomic mass is 10.1. The minimum atomic E-state index is -1.66. The quantitative estimate of drug-likeness (QED) is 0.597. The van der Waals surface area contributed by atoms with Crippen LogP contribution in [0.3, 0.4) is 0 Å². The van der Waals surface area contributed by atoms with Gasteiger partial charge < -0.3 is 5.11 Å². The van der Waals surface area contributed by atoms with Crippen LogP contribution in [-0.4, -0.2) is 17.2 Å². The van der Waals surface area contributed by atoms with Gasteiger partial charge in [-0.1, -0.05) is 39.0 Å². The molecule has 0 fully saturated rings. The summed E-state index contributed by atoms with van der Waals surface area (Å²) in [6.45, 7) is 2.14. The molecule has 0 aliphatic rings. The second kappa shape index (κ2) is 8.02. The predicted molar refractivity (Wildman–Crippen MR) is 50.5 cm³/mol. The lowest BCUT2D eigenvalue weighted by Crippen LogP contribution is -2.13. The van der Waals surface area contributed by atoms with Crippen molar-refractivity contribution in [1.29, 1.82) is 0 Å². The van der Waals surface area contributed by atoms with Crippen molar-refractivity contribution >= 4 is 5.97 Å². The largest absolute Gasteiger partial charge is 0.479 e. The third kappa shape index (κ3) is 7.75. The van der Waals surface area contributed by atoms with E-state index in [1.165, 1.54) is 19.3 Å². The van der Waals surface area contributed by atoms with Gasteiger partial charge in [-0.3, -0.25) is 0 Å². The standard InChI is InChI=1S/C10H19FO2/c1-2-3-4-5-6-7-8-9(11)10(12)13/h9H,2-8H2,1H3,(H,12,13). The number of alkyl halides is 1. The summed E-state index contributed by atoms with van der Waals surface area (Å²) in [5, 5.41) is 8.25. The van der Waals surface area contributed by atoms with Crippen LogP contribution in [0.4, 0.5) is 4.39 Å². The van der Waals surface area contributed by atoms with Crippen LogP contribution in [0.1, 0.15) is 51.9 Å². The van der Waals surface area contributed by atoms with E-state index in [0.29, 0.717) is 6.42 Å². The Kier molecular flexibility index (Phi) is 7.65. The molecule has 0 amide bonds. The molecule has 0 spiro atoms. The summed E-state index contributed by atoms with van der Waals surface area (Å²) in [4.78, 5) is 10.1. The summed E-state index contributed by atoms with van der Waals surface area (Å²) < 4.78 is 12.5. The SMILES string of the molecule is CCCCCCCCC(F)C(=O)O. The van der Waals surface area contributed by atoms with E-state index in [1.54, 1.807) is 0 Å². The number of carboxylic acid groups (broad SMARTS) is 1. The summed E-state index contributed by atoms with van der Waals surface area (Å²) in [5.41, 5.74) is 0. The molecular formula is C10H19FO2. The average Bonchev–Trinajstić information content (AvgIpc) is 2.10. The zero-order valence-corrected chi connectivity index (χ0v) is 8.26. The van der Waals surface area contributed by atoms with Crippen molar-refractivity contribution in [3.05, 3.63) is 0 Å². The first-order chi connectivity index (χ1) is 6.18. The maximum Gasteiger partial charge on any atom is 0.338 e. The van der Waals surface area contributed by atoms with Gasteiger partial charge in [-0.05, 0) is 12.8 Å². The fourth-order valence-corrected chi connectivity index (χ4v) is 1.23. The van der Waals surface area contributed by atoms with Gasteiger partial charge >= 0.3 is 5.97 Å². The number of aliphatic carboxylic acids is 1. The first kappa shape index (κ1) is 12.4. The topological polar surface area (TPSA) is 37.3 Å². The molecular weight excluding hydrogens is 171 g/mol. The van der Waals surface area contributed by atoms with Gasteiger partial charge in [-0.25, -0.2) is 9.18 Å². The van der Waals surface area contributed by atoms with E-state index in [2.05, 4.69) is 6.92 Å². The lowest BCUT2D eigenvalue weighted by Gasteiger charge is -2.02. The van der Waals surface area contributed by atoms with Crippen molar-refractivity contribution in [2.24, 2.45) is 0 Å². The summed E-state index contributed by atoms with van der Waals surface area (Å²) in [7, 11) is 0. The van der Waals surface area contributed by atoms with E-state index in [4.69, 9.17) is 5.11 Å². The molecule has 0 rings (SSSR count). The molecule has 0 bridgehead atoms. The third-order valence-electron chi connectivity index (χ3n) is 2.08. The fraction of sp³-hybridized carbons (Fsp3) is 0.900. The predicted octanol–water partition coefficient (Wildman–Crippen LogP) is 3.16. The first-order valence-corrected chi connectivity index (χ1v) is 5.05. The van der Waals surface area contributed by atoms with Crippen LogP contribution in [0.25, 0.3) is 0 Å². The highest BCUT2D eigenvalue weighted by atomic mass is 19.1. The van der Waals surface area contributed by atoms with Crippen molar-refractivity contribution in [1.82, 2.24) is 0 Å². The smallest absolute Gasteiger partial charge is 0.338 e. The number of carbonyl (C=O) groups is 1. The molecule has 0 aromatic carbocycles. The van der Waals surface area contributed by atoms with E-state index in [0.717, 1.165) is 12.8 Å². The van der Waals surface area contributed by atoms with Crippen LogP contribution in [0.5, 0.6) is 0 Å². The Morgan fingerprint density at radius 2 is 1.77 bits per heavy atom. The van der Waals surface area contributed by atoms with Crippen molar-refractivity contribution in [2.45, 2.75) is 58.0 Å². The van der Waals surface area contributed by atoms with Crippen LogP contribution in [0.15, 0.2) is 0 Å². The number of hydrogen-bond acceptors (Lipinski definition) is 1. The Bertz CT molecular complexity index is 137. The van der Waals surface area contributed by atoms with E-state index in [9.17, 15) is 9.18 Å². The molecule has 0 aliphatic carbocycles. The monoisotopic (exact) mass is 190 g/mol. The van der Waals surface area contributed by atoms with E-state index >= 15 is 0 Å². The molecule has 2 nitrogen and oxygen atoms in total. The normalized spacial score (nSPS) is 12.8. The molecule has 0 saturated heterocycles. The van der Waals surface area contributed by atoms with Crippen LogP contribution in [0, 0.1) is 0 Å². The summed E-state index contributed by atoms with van der Waals surface area (Å²) in [6, 6.07) is 0. The molecule has 1 N–H and O–H groups in total. The molecule has 0 saturated carbocycles. The van der Waals surface area contributed by atoms with Gasteiger partial charge in [0.2, 0.25) is 0 Å². The Hall–Kier alpha value is -0.600. The van der Waals surface area contributed by atoms with Crippen LogP contribution < -0.4 is 0 Å². The van der Waals surface area contributed by atoms with E-state index in [1.807, 2.05) is 0 Å². The summed E-state index contributed by atoms with van der Waals surface area (Å²) in [6.07, 6.45) is 4.84. The molecule has 1 atom stereocenters. The Balaban J connectivity index is 3.11. The summed E-state index contributed by atoms with van der Waals surface area (Å²) >= 11 is 0. The Morgan fingerprint density at radius 1 is 1.23 bits per heavy atom. The van der Waals surface area contributed by atoms with Crippen LogP contribution >= 0.6 is 0 Å². The van der Waals surface area contributed by atoms with Gasteiger partial charge in [0.15, 0.2) is 6.17 Å². The van der Waals surface area contributed by atoms with Crippen molar-refractivity contribution in [3.8, 4) is 0 Å². The highest BCUT2D eigenvalue weighted by Gasteiger charge is 2.13. The van der Waals surface area contributed by atoms with Gasteiger partial charge in [0.05, 0.1) is 0 Å². The molecule has 0 aliphatic heterocycles. The zero-order valence-electron chi connectivity index (χ0n) is 8.26. The molecule has 0 aromatic heterocycles.